The molecule has 0 aromatic carbocycles. The SMILES string of the molecule is CN(C1CC(C)(C)C1)C1CCCCC1=O. The summed E-state index contributed by atoms with van der Waals surface area (Å²) in [5.41, 5.74) is 0.511. The molecule has 0 aromatic heterocycles. The zero-order valence-corrected chi connectivity index (χ0v) is 10.3. The molecule has 2 aliphatic carbocycles. The zero-order chi connectivity index (χ0) is 11.1. The first-order valence-electron chi connectivity index (χ1n) is 6.24. The van der Waals surface area contributed by atoms with Crippen molar-refractivity contribution >= 4 is 5.78 Å². The molecule has 2 saturated carbocycles. The van der Waals surface area contributed by atoms with Gasteiger partial charge in [-0.2, -0.15) is 0 Å². The van der Waals surface area contributed by atoms with Crippen LogP contribution in [0, 0.1) is 5.41 Å². The molecular formula is C13H23NO. The molecular weight excluding hydrogens is 186 g/mol. The van der Waals surface area contributed by atoms with Gasteiger partial charge in [-0.15, -0.1) is 0 Å². The molecule has 0 N–H and O–H groups in total. The van der Waals surface area contributed by atoms with Crippen LogP contribution in [0.25, 0.3) is 0 Å². The Morgan fingerprint density at radius 1 is 1.27 bits per heavy atom. The number of carbonyl (C=O) groups is 1. The van der Waals surface area contributed by atoms with Gasteiger partial charge in [-0.3, -0.25) is 9.69 Å². The highest BCUT2D eigenvalue weighted by atomic mass is 16.1. The lowest BCUT2D eigenvalue weighted by Crippen LogP contribution is -2.53. The van der Waals surface area contributed by atoms with Gasteiger partial charge in [0.15, 0.2) is 0 Å². The number of hydrogen-bond acceptors (Lipinski definition) is 2. The van der Waals surface area contributed by atoms with Gasteiger partial charge in [0, 0.05) is 12.5 Å². The summed E-state index contributed by atoms with van der Waals surface area (Å²) in [4.78, 5) is 14.2. The third kappa shape index (κ3) is 2.25. The summed E-state index contributed by atoms with van der Waals surface area (Å²) in [6.45, 7) is 4.64. The molecule has 2 fully saturated rings. The lowest BCUT2D eigenvalue weighted by molar-refractivity contribution is -0.128. The maximum absolute atomic E-state index is 11.8. The van der Waals surface area contributed by atoms with Crippen LogP contribution in [0.4, 0.5) is 0 Å². The van der Waals surface area contributed by atoms with E-state index in [1.807, 2.05) is 0 Å². The van der Waals surface area contributed by atoms with Gasteiger partial charge in [0.1, 0.15) is 5.78 Å². The minimum atomic E-state index is 0.236. The molecule has 0 aliphatic heterocycles. The van der Waals surface area contributed by atoms with Gasteiger partial charge in [0.25, 0.3) is 0 Å². The maximum atomic E-state index is 11.8. The summed E-state index contributed by atoms with van der Waals surface area (Å²) in [5.74, 6) is 0.480. The number of rotatable bonds is 2. The van der Waals surface area contributed by atoms with Crippen molar-refractivity contribution in [3.8, 4) is 0 Å². The Bertz CT molecular complexity index is 251. The molecule has 0 saturated heterocycles. The van der Waals surface area contributed by atoms with Gasteiger partial charge in [-0.05, 0) is 38.1 Å². The Kier molecular flexibility index (Phi) is 2.89. The summed E-state index contributed by atoms with van der Waals surface area (Å²) in [6, 6.07) is 0.895. The lowest BCUT2D eigenvalue weighted by Gasteiger charge is -2.49. The topological polar surface area (TPSA) is 20.3 Å². The second-order valence-electron chi connectivity index (χ2n) is 6.12. The van der Waals surface area contributed by atoms with Crippen molar-refractivity contribution in [3.63, 3.8) is 0 Å². The Morgan fingerprint density at radius 3 is 2.47 bits per heavy atom. The summed E-state index contributed by atoms with van der Waals surface area (Å²) in [5, 5.41) is 0. The molecule has 2 nitrogen and oxygen atoms in total. The van der Waals surface area contributed by atoms with E-state index in [1.54, 1.807) is 0 Å². The average Bonchev–Trinajstić information content (AvgIpc) is 2.14. The third-order valence-electron chi connectivity index (χ3n) is 4.17. The smallest absolute Gasteiger partial charge is 0.149 e. The molecule has 1 atom stereocenters. The molecule has 2 heteroatoms. The second-order valence-corrected chi connectivity index (χ2v) is 6.12. The van der Waals surface area contributed by atoms with Crippen LogP contribution in [0.15, 0.2) is 0 Å². The molecule has 2 aliphatic rings. The van der Waals surface area contributed by atoms with E-state index in [-0.39, 0.29) is 6.04 Å². The maximum Gasteiger partial charge on any atom is 0.149 e. The van der Waals surface area contributed by atoms with E-state index in [9.17, 15) is 4.79 Å². The molecule has 0 aromatic rings. The van der Waals surface area contributed by atoms with Crippen LogP contribution in [0.3, 0.4) is 0 Å². The molecule has 0 radical (unpaired) electrons. The van der Waals surface area contributed by atoms with Crippen molar-refractivity contribution in [2.45, 2.75) is 64.5 Å². The highest BCUT2D eigenvalue weighted by Gasteiger charge is 2.41. The largest absolute Gasteiger partial charge is 0.298 e. The highest BCUT2D eigenvalue weighted by Crippen LogP contribution is 2.43. The Balaban J connectivity index is 1.90. The van der Waals surface area contributed by atoms with Crippen molar-refractivity contribution in [1.29, 1.82) is 0 Å². The average molecular weight is 209 g/mol. The van der Waals surface area contributed by atoms with Crippen molar-refractivity contribution in [1.82, 2.24) is 4.90 Å². The summed E-state index contributed by atoms with van der Waals surface area (Å²) in [6.07, 6.45) is 6.76. The van der Waals surface area contributed by atoms with Gasteiger partial charge in [-0.25, -0.2) is 0 Å². The van der Waals surface area contributed by atoms with Crippen LogP contribution >= 0.6 is 0 Å². The lowest BCUT2D eigenvalue weighted by atomic mass is 9.67. The first-order chi connectivity index (χ1) is 6.99. The number of likely N-dealkylation sites (N-methyl/N-ethyl adjacent to an activating group) is 1. The van der Waals surface area contributed by atoms with Gasteiger partial charge in [0.05, 0.1) is 6.04 Å². The monoisotopic (exact) mass is 209 g/mol. The molecule has 0 spiro atoms. The Hall–Kier alpha value is -0.370. The number of nitrogens with zero attached hydrogens (tertiary/aromatic N) is 1. The van der Waals surface area contributed by atoms with Crippen molar-refractivity contribution < 1.29 is 4.79 Å². The van der Waals surface area contributed by atoms with E-state index >= 15 is 0 Å². The van der Waals surface area contributed by atoms with Gasteiger partial charge in [-0.1, -0.05) is 20.3 Å². The van der Waals surface area contributed by atoms with Crippen LogP contribution < -0.4 is 0 Å². The zero-order valence-electron chi connectivity index (χ0n) is 10.3. The van der Waals surface area contributed by atoms with E-state index in [4.69, 9.17) is 0 Å². The van der Waals surface area contributed by atoms with Crippen LogP contribution in [0.2, 0.25) is 0 Å². The minimum Gasteiger partial charge on any atom is -0.298 e. The fourth-order valence-electron chi connectivity index (χ4n) is 3.15. The number of ketones is 1. The first kappa shape index (κ1) is 11.1. The first-order valence-corrected chi connectivity index (χ1v) is 6.24. The van der Waals surface area contributed by atoms with Crippen molar-refractivity contribution in [2.75, 3.05) is 7.05 Å². The number of Topliss-reactive ketones (excluding diaryl/α,β-unsaturated/α-hetero) is 1. The number of hydrogen-bond donors (Lipinski definition) is 0. The summed E-state index contributed by atoms with van der Waals surface area (Å²) < 4.78 is 0. The molecule has 86 valence electrons. The van der Waals surface area contributed by atoms with E-state index in [2.05, 4.69) is 25.8 Å². The van der Waals surface area contributed by atoms with Crippen LogP contribution in [-0.2, 0) is 4.79 Å². The molecule has 0 heterocycles. The van der Waals surface area contributed by atoms with Gasteiger partial charge < -0.3 is 0 Å². The molecule has 0 bridgehead atoms. The minimum absolute atomic E-state index is 0.236. The van der Waals surface area contributed by atoms with E-state index in [1.165, 1.54) is 19.3 Å². The van der Waals surface area contributed by atoms with Crippen molar-refractivity contribution in [3.05, 3.63) is 0 Å². The Labute approximate surface area is 93.0 Å². The van der Waals surface area contributed by atoms with E-state index in [0.29, 0.717) is 17.2 Å². The van der Waals surface area contributed by atoms with E-state index < -0.39 is 0 Å². The highest BCUT2D eigenvalue weighted by molar-refractivity contribution is 5.84. The van der Waals surface area contributed by atoms with Crippen molar-refractivity contribution in [2.24, 2.45) is 5.41 Å². The summed E-state index contributed by atoms with van der Waals surface area (Å²) >= 11 is 0. The number of carbonyl (C=O) groups excluding carboxylic acids is 1. The second kappa shape index (κ2) is 3.89. The molecule has 1 unspecified atom stereocenters. The predicted molar refractivity (Wildman–Crippen MR) is 61.8 cm³/mol. The van der Waals surface area contributed by atoms with Gasteiger partial charge >= 0.3 is 0 Å². The summed E-state index contributed by atoms with van der Waals surface area (Å²) in [7, 11) is 2.15. The van der Waals surface area contributed by atoms with Gasteiger partial charge in [0.2, 0.25) is 0 Å². The van der Waals surface area contributed by atoms with Crippen LogP contribution in [0.1, 0.15) is 52.4 Å². The fraction of sp³-hybridized carbons (Fsp3) is 0.923. The van der Waals surface area contributed by atoms with Crippen LogP contribution in [0.5, 0.6) is 0 Å². The fourth-order valence-corrected chi connectivity index (χ4v) is 3.15. The van der Waals surface area contributed by atoms with Crippen LogP contribution in [-0.4, -0.2) is 29.8 Å². The van der Waals surface area contributed by atoms with E-state index in [0.717, 1.165) is 19.3 Å². The third-order valence-corrected chi connectivity index (χ3v) is 4.17. The predicted octanol–water partition coefficient (Wildman–Crippen LogP) is 2.62. The molecule has 15 heavy (non-hydrogen) atoms. The molecule has 0 amide bonds. The quantitative estimate of drug-likeness (QED) is 0.697. The standard InChI is InChI=1S/C13H23NO/c1-13(2)8-10(9-13)14(3)11-6-4-5-7-12(11)15/h10-11H,4-9H2,1-3H3. The normalized spacial score (nSPS) is 31.7. The Morgan fingerprint density at radius 2 is 1.93 bits per heavy atom. The molecule has 2 rings (SSSR count).